The number of nitrogens with zero attached hydrogens (tertiary/aromatic N) is 2. The highest BCUT2D eigenvalue weighted by atomic mass is 35.5. The van der Waals surface area contributed by atoms with Crippen LogP contribution in [0.2, 0.25) is 5.02 Å². The summed E-state index contributed by atoms with van der Waals surface area (Å²) < 4.78 is 2.07. The molecule has 0 radical (unpaired) electrons. The monoisotopic (exact) mass is 299 g/mol. The summed E-state index contributed by atoms with van der Waals surface area (Å²) in [6, 6.07) is 0.543. The SMILES string of the molecule is CCc1nn(CC)c(CC(C)C(C)CNC(C)C)c1Cl. The van der Waals surface area contributed by atoms with E-state index in [0.29, 0.717) is 17.9 Å². The van der Waals surface area contributed by atoms with Crippen LogP contribution in [0.4, 0.5) is 0 Å². The zero-order chi connectivity index (χ0) is 15.3. The first-order valence-corrected chi connectivity index (χ1v) is 8.25. The van der Waals surface area contributed by atoms with Crippen molar-refractivity contribution in [1.29, 1.82) is 0 Å². The largest absolute Gasteiger partial charge is 0.314 e. The van der Waals surface area contributed by atoms with Crippen LogP contribution in [0.15, 0.2) is 0 Å². The molecule has 2 unspecified atom stereocenters. The summed E-state index contributed by atoms with van der Waals surface area (Å²) in [4.78, 5) is 0. The third kappa shape index (κ3) is 4.49. The third-order valence-electron chi connectivity index (χ3n) is 4.03. The average Bonchev–Trinajstić information content (AvgIpc) is 2.72. The maximum Gasteiger partial charge on any atom is 0.0849 e. The fourth-order valence-electron chi connectivity index (χ4n) is 2.34. The molecule has 20 heavy (non-hydrogen) atoms. The quantitative estimate of drug-likeness (QED) is 0.788. The highest BCUT2D eigenvalue weighted by Crippen LogP contribution is 2.26. The van der Waals surface area contributed by atoms with Crippen LogP contribution in [-0.4, -0.2) is 22.4 Å². The van der Waals surface area contributed by atoms with Crippen molar-refractivity contribution in [1.82, 2.24) is 15.1 Å². The van der Waals surface area contributed by atoms with E-state index < -0.39 is 0 Å². The van der Waals surface area contributed by atoms with Crippen LogP contribution in [0.3, 0.4) is 0 Å². The minimum atomic E-state index is 0.543. The van der Waals surface area contributed by atoms with Gasteiger partial charge in [0.15, 0.2) is 0 Å². The molecule has 0 saturated heterocycles. The van der Waals surface area contributed by atoms with E-state index in [-0.39, 0.29) is 0 Å². The summed E-state index contributed by atoms with van der Waals surface area (Å²) in [5.41, 5.74) is 2.23. The average molecular weight is 300 g/mol. The van der Waals surface area contributed by atoms with Gasteiger partial charge >= 0.3 is 0 Å². The van der Waals surface area contributed by atoms with E-state index in [0.717, 1.165) is 36.6 Å². The van der Waals surface area contributed by atoms with Crippen LogP contribution in [-0.2, 0) is 19.4 Å². The van der Waals surface area contributed by atoms with Gasteiger partial charge in [-0.15, -0.1) is 0 Å². The van der Waals surface area contributed by atoms with Crippen molar-refractivity contribution in [3.05, 3.63) is 16.4 Å². The molecule has 0 fully saturated rings. The molecule has 0 amide bonds. The summed E-state index contributed by atoms with van der Waals surface area (Å²) in [7, 11) is 0. The molecule has 3 nitrogen and oxygen atoms in total. The number of hydrogen-bond acceptors (Lipinski definition) is 2. The van der Waals surface area contributed by atoms with Gasteiger partial charge in [0.1, 0.15) is 0 Å². The van der Waals surface area contributed by atoms with E-state index in [1.54, 1.807) is 0 Å². The van der Waals surface area contributed by atoms with Gasteiger partial charge < -0.3 is 5.32 Å². The van der Waals surface area contributed by atoms with Gasteiger partial charge in [-0.05, 0) is 38.1 Å². The Balaban J connectivity index is 2.74. The molecule has 1 heterocycles. The van der Waals surface area contributed by atoms with Gasteiger partial charge in [0.25, 0.3) is 0 Å². The molecule has 1 aromatic rings. The predicted octanol–water partition coefficient (Wildman–Crippen LogP) is 3.93. The second kappa shape index (κ2) is 8.04. The number of rotatable bonds is 8. The molecule has 1 aromatic heterocycles. The summed E-state index contributed by atoms with van der Waals surface area (Å²) >= 11 is 6.49. The molecular formula is C16H30ClN3. The lowest BCUT2D eigenvalue weighted by Gasteiger charge is -2.22. The smallest absolute Gasteiger partial charge is 0.0849 e. The Bertz CT molecular complexity index is 412. The molecule has 0 aromatic carbocycles. The Hall–Kier alpha value is -0.540. The Kier molecular flexibility index (Phi) is 7.04. The van der Waals surface area contributed by atoms with Crippen LogP contribution < -0.4 is 5.32 Å². The fraction of sp³-hybridized carbons (Fsp3) is 0.812. The molecule has 1 rings (SSSR count). The van der Waals surface area contributed by atoms with Crippen LogP contribution in [0, 0.1) is 11.8 Å². The van der Waals surface area contributed by atoms with Crippen molar-refractivity contribution in [3.8, 4) is 0 Å². The summed E-state index contributed by atoms with van der Waals surface area (Å²) in [5, 5.41) is 9.00. The van der Waals surface area contributed by atoms with Crippen molar-refractivity contribution in [2.24, 2.45) is 11.8 Å². The lowest BCUT2D eigenvalue weighted by Crippen LogP contribution is -2.31. The maximum absolute atomic E-state index is 6.49. The van der Waals surface area contributed by atoms with Crippen LogP contribution in [0.5, 0.6) is 0 Å². The number of hydrogen-bond donors (Lipinski definition) is 1. The van der Waals surface area contributed by atoms with E-state index in [1.165, 1.54) is 5.69 Å². The first-order chi connectivity index (χ1) is 9.40. The van der Waals surface area contributed by atoms with Crippen molar-refractivity contribution < 1.29 is 0 Å². The molecule has 0 saturated carbocycles. The number of nitrogens with one attached hydrogen (secondary N) is 1. The lowest BCUT2D eigenvalue weighted by atomic mass is 9.91. The van der Waals surface area contributed by atoms with Gasteiger partial charge in [0.2, 0.25) is 0 Å². The standard InChI is InChI=1S/C16H30ClN3/c1-7-14-16(17)15(20(8-2)19-14)9-12(5)13(6)10-18-11(3)4/h11-13,18H,7-10H2,1-6H3. The molecule has 4 heteroatoms. The predicted molar refractivity (Wildman–Crippen MR) is 87.5 cm³/mol. The molecule has 0 aliphatic carbocycles. The first kappa shape index (κ1) is 17.5. The van der Waals surface area contributed by atoms with Crippen molar-refractivity contribution in [2.75, 3.05) is 6.54 Å². The fourth-order valence-corrected chi connectivity index (χ4v) is 2.69. The summed E-state index contributed by atoms with van der Waals surface area (Å²) in [6.45, 7) is 15.2. The van der Waals surface area contributed by atoms with Crippen molar-refractivity contribution in [2.45, 2.75) is 67.0 Å². The molecule has 0 aliphatic heterocycles. The molecule has 0 bridgehead atoms. The molecule has 116 valence electrons. The zero-order valence-electron chi connectivity index (χ0n) is 13.8. The topological polar surface area (TPSA) is 29.9 Å². The van der Waals surface area contributed by atoms with Gasteiger partial charge in [-0.2, -0.15) is 5.10 Å². The molecular weight excluding hydrogens is 270 g/mol. The van der Waals surface area contributed by atoms with E-state index in [1.807, 2.05) is 0 Å². The second-order valence-corrected chi connectivity index (χ2v) is 6.48. The first-order valence-electron chi connectivity index (χ1n) is 7.88. The highest BCUT2D eigenvalue weighted by molar-refractivity contribution is 6.31. The molecule has 0 spiro atoms. The summed E-state index contributed by atoms with van der Waals surface area (Å²) in [5.74, 6) is 1.21. The van der Waals surface area contributed by atoms with E-state index >= 15 is 0 Å². The number of aryl methyl sites for hydroxylation is 2. The molecule has 2 atom stereocenters. The van der Waals surface area contributed by atoms with Crippen molar-refractivity contribution >= 4 is 11.6 Å². The van der Waals surface area contributed by atoms with Gasteiger partial charge in [0, 0.05) is 12.6 Å². The normalized spacial score (nSPS) is 14.8. The Morgan fingerprint density at radius 3 is 2.30 bits per heavy atom. The molecule has 1 N–H and O–H groups in total. The molecule has 0 aliphatic rings. The zero-order valence-corrected chi connectivity index (χ0v) is 14.6. The number of aromatic nitrogens is 2. The lowest BCUT2D eigenvalue weighted by molar-refractivity contribution is 0.347. The van der Waals surface area contributed by atoms with Crippen molar-refractivity contribution in [3.63, 3.8) is 0 Å². The Labute approximate surface area is 129 Å². The van der Waals surface area contributed by atoms with Crippen LogP contribution in [0.25, 0.3) is 0 Å². The summed E-state index contributed by atoms with van der Waals surface area (Å²) in [6.07, 6.45) is 1.90. The van der Waals surface area contributed by atoms with Gasteiger partial charge in [-0.3, -0.25) is 4.68 Å². The van der Waals surface area contributed by atoms with Crippen LogP contribution >= 0.6 is 11.6 Å². The van der Waals surface area contributed by atoms with E-state index in [2.05, 4.69) is 56.6 Å². The van der Waals surface area contributed by atoms with Crippen LogP contribution in [0.1, 0.15) is 52.9 Å². The number of halogens is 1. The van der Waals surface area contributed by atoms with Gasteiger partial charge in [0.05, 0.1) is 16.4 Å². The van der Waals surface area contributed by atoms with E-state index in [9.17, 15) is 0 Å². The second-order valence-electron chi connectivity index (χ2n) is 6.10. The maximum atomic E-state index is 6.49. The third-order valence-corrected chi connectivity index (χ3v) is 4.47. The Morgan fingerprint density at radius 2 is 1.80 bits per heavy atom. The van der Waals surface area contributed by atoms with Gasteiger partial charge in [-0.1, -0.05) is 46.2 Å². The van der Waals surface area contributed by atoms with Gasteiger partial charge in [-0.25, -0.2) is 0 Å². The van der Waals surface area contributed by atoms with E-state index in [4.69, 9.17) is 11.6 Å². The minimum Gasteiger partial charge on any atom is -0.314 e. The Morgan fingerprint density at radius 1 is 1.15 bits per heavy atom. The minimum absolute atomic E-state index is 0.543. The highest BCUT2D eigenvalue weighted by Gasteiger charge is 2.20.